The van der Waals surface area contributed by atoms with Crippen molar-refractivity contribution in [2.24, 2.45) is 0 Å². The molecule has 16 heavy (non-hydrogen) atoms. The molecule has 0 fully saturated rings. The van der Waals surface area contributed by atoms with Crippen LogP contribution < -0.4 is 10.6 Å². The van der Waals surface area contributed by atoms with E-state index in [9.17, 15) is 9.59 Å². The average molecular weight is 287 g/mol. The zero-order valence-electron chi connectivity index (χ0n) is 8.37. The van der Waals surface area contributed by atoms with E-state index < -0.39 is 5.97 Å². The van der Waals surface area contributed by atoms with Crippen molar-refractivity contribution in [3.8, 4) is 0 Å². The summed E-state index contributed by atoms with van der Waals surface area (Å²) < 4.78 is 0.779. The number of carbonyl (C=O) groups excluding carboxylic acids is 1. The molecule has 0 aliphatic heterocycles. The monoisotopic (exact) mass is 286 g/mol. The molecule has 0 spiro atoms. The third kappa shape index (κ3) is 4.41. The number of anilines is 1. The maximum absolute atomic E-state index is 11.4. The van der Waals surface area contributed by atoms with E-state index >= 15 is 0 Å². The molecule has 5 nitrogen and oxygen atoms in total. The molecule has 1 rings (SSSR count). The molecule has 0 aromatic heterocycles. The number of benzene rings is 1. The highest BCUT2D eigenvalue weighted by molar-refractivity contribution is 9.10. The van der Waals surface area contributed by atoms with E-state index in [0.717, 1.165) is 4.47 Å². The lowest BCUT2D eigenvalue weighted by atomic mass is 10.3. The van der Waals surface area contributed by atoms with Crippen molar-refractivity contribution in [3.05, 3.63) is 28.7 Å². The van der Waals surface area contributed by atoms with E-state index in [4.69, 9.17) is 5.11 Å². The molecule has 0 aliphatic rings. The van der Waals surface area contributed by atoms with E-state index in [-0.39, 0.29) is 19.0 Å². The molecule has 0 unspecified atom stereocenters. The fraction of sp³-hybridized carbons (Fsp3) is 0.200. The largest absolute Gasteiger partial charge is 0.480 e. The number of hydrogen-bond acceptors (Lipinski definition) is 3. The summed E-state index contributed by atoms with van der Waals surface area (Å²) in [5.41, 5.74) is 0.657. The predicted octanol–water partition coefficient (Wildman–Crippen LogP) is 1.06. The highest BCUT2D eigenvalue weighted by Crippen LogP contribution is 2.20. The molecule has 0 bridgehead atoms. The van der Waals surface area contributed by atoms with Crippen molar-refractivity contribution < 1.29 is 14.7 Å². The van der Waals surface area contributed by atoms with E-state index in [0.29, 0.717) is 5.69 Å². The standard InChI is InChI=1S/C10H11BrN2O3/c11-7-3-1-2-4-8(7)13-9(14)5-12-6-10(15)16/h1-4,12H,5-6H2,(H,13,14)(H,15,16). The number of carboxylic acid groups (broad SMARTS) is 1. The van der Waals surface area contributed by atoms with Crippen LogP contribution in [0.3, 0.4) is 0 Å². The van der Waals surface area contributed by atoms with E-state index in [1.165, 1.54) is 0 Å². The number of nitrogens with one attached hydrogen (secondary N) is 2. The molecule has 86 valence electrons. The third-order valence-electron chi connectivity index (χ3n) is 1.71. The zero-order valence-corrected chi connectivity index (χ0v) is 9.95. The van der Waals surface area contributed by atoms with Crippen LogP contribution in [0.2, 0.25) is 0 Å². The second-order valence-electron chi connectivity index (χ2n) is 3.03. The van der Waals surface area contributed by atoms with Gasteiger partial charge in [0.05, 0.1) is 18.8 Å². The van der Waals surface area contributed by atoms with Crippen LogP contribution >= 0.6 is 15.9 Å². The molecule has 1 aromatic rings. The molecule has 3 N–H and O–H groups in total. The van der Waals surface area contributed by atoms with E-state index in [2.05, 4.69) is 26.6 Å². The molecule has 0 heterocycles. The number of carbonyl (C=O) groups is 2. The van der Waals surface area contributed by atoms with Crippen molar-refractivity contribution in [1.29, 1.82) is 0 Å². The number of amides is 1. The summed E-state index contributed by atoms with van der Waals surface area (Å²) in [5, 5.41) is 13.5. The lowest BCUT2D eigenvalue weighted by Gasteiger charge is -2.06. The van der Waals surface area contributed by atoms with Gasteiger partial charge in [-0.25, -0.2) is 0 Å². The smallest absolute Gasteiger partial charge is 0.317 e. The summed E-state index contributed by atoms with van der Waals surface area (Å²) in [4.78, 5) is 21.6. The van der Waals surface area contributed by atoms with Crippen molar-refractivity contribution in [2.45, 2.75) is 0 Å². The third-order valence-corrected chi connectivity index (χ3v) is 2.40. The minimum absolute atomic E-state index is 0.0341. The van der Waals surface area contributed by atoms with Crippen LogP contribution in [0, 0.1) is 0 Å². The molecule has 0 radical (unpaired) electrons. The van der Waals surface area contributed by atoms with Gasteiger partial charge in [-0.3, -0.25) is 14.9 Å². The molecule has 0 saturated carbocycles. The van der Waals surface area contributed by atoms with Gasteiger partial charge in [0.2, 0.25) is 5.91 Å². The molecule has 0 saturated heterocycles. The van der Waals surface area contributed by atoms with Crippen LogP contribution in [0.5, 0.6) is 0 Å². The van der Waals surface area contributed by atoms with Crippen LogP contribution in [-0.2, 0) is 9.59 Å². The average Bonchev–Trinajstić information content (AvgIpc) is 2.21. The second-order valence-corrected chi connectivity index (χ2v) is 3.88. The Labute approximate surface area is 101 Å². The van der Waals surface area contributed by atoms with Gasteiger partial charge in [-0.05, 0) is 28.1 Å². The lowest BCUT2D eigenvalue weighted by molar-refractivity contribution is -0.135. The fourth-order valence-electron chi connectivity index (χ4n) is 1.04. The SMILES string of the molecule is O=C(O)CNCC(=O)Nc1ccccc1Br. The number of para-hydroxylation sites is 1. The van der Waals surface area contributed by atoms with Gasteiger partial charge in [0.25, 0.3) is 0 Å². The quantitative estimate of drug-likeness (QED) is 0.756. The van der Waals surface area contributed by atoms with Crippen molar-refractivity contribution in [1.82, 2.24) is 5.32 Å². The van der Waals surface area contributed by atoms with Crippen molar-refractivity contribution in [2.75, 3.05) is 18.4 Å². The number of carboxylic acids is 1. The summed E-state index contributed by atoms with van der Waals surface area (Å²) in [6, 6.07) is 7.19. The zero-order chi connectivity index (χ0) is 12.0. The number of hydrogen-bond donors (Lipinski definition) is 3. The molecular weight excluding hydrogens is 276 g/mol. The van der Waals surface area contributed by atoms with Crippen molar-refractivity contribution in [3.63, 3.8) is 0 Å². The normalized spacial score (nSPS) is 9.81. The Balaban J connectivity index is 2.40. The van der Waals surface area contributed by atoms with Crippen LogP contribution in [0.4, 0.5) is 5.69 Å². The first-order chi connectivity index (χ1) is 7.59. The van der Waals surface area contributed by atoms with E-state index in [1.807, 2.05) is 6.07 Å². The van der Waals surface area contributed by atoms with Gasteiger partial charge in [0.1, 0.15) is 0 Å². The molecule has 6 heteroatoms. The Hall–Kier alpha value is -1.40. The Morgan fingerprint density at radius 3 is 2.56 bits per heavy atom. The summed E-state index contributed by atoms with van der Waals surface area (Å²) in [6.45, 7) is -0.267. The second kappa shape index (κ2) is 6.24. The van der Waals surface area contributed by atoms with Gasteiger partial charge in [-0.1, -0.05) is 12.1 Å². The first-order valence-electron chi connectivity index (χ1n) is 4.56. The molecule has 0 atom stereocenters. The summed E-state index contributed by atoms with van der Waals surface area (Å²) in [7, 11) is 0. The number of aliphatic carboxylic acids is 1. The molecular formula is C10H11BrN2O3. The molecule has 0 aliphatic carbocycles. The summed E-state index contributed by atoms with van der Waals surface area (Å²) in [5.74, 6) is -1.28. The molecule has 1 amide bonds. The highest BCUT2D eigenvalue weighted by Gasteiger charge is 2.05. The van der Waals surface area contributed by atoms with Crippen LogP contribution in [0.15, 0.2) is 28.7 Å². The van der Waals surface area contributed by atoms with Gasteiger partial charge in [-0.2, -0.15) is 0 Å². The minimum Gasteiger partial charge on any atom is -0.480 e. The lowest BCUT2D eigenvalue weighted by Crippen LogP contribution is -2.31. The number of halogens is 1. The molecule has 1 aromatic carbocycles. The van der Waals surface area contributed by atoms with Gasteiger partial charge in [0, 0.05) is 4.47 Å². The van der Waals surface area contributed by atoms with Gasteiger partial charge < -0.3 is 10.4 Å². The first kappa shape index (κ1) is 12.7. The Kier molecular flexibility index (Phi) is 4.94. The minimum atomic E-state index is -0.992. The Morgan fingerprint density at radius 1 is 1.25 bits per heavy atom. The van der Waals surface area contributed by atoms with Gasteiger partial charge in [0.15, 0.2) is 0 Å². The highest BCUT2D eigenvalue weighted by atomic mass is 79.9. The Bertz CT molecular complexity index is 395. The first-order valence-corrected chi connectivity index (χ1v) is 5.36. The van der Waals surface area contributed by atoms with Crippen LogP contribution in [0.1, 0.15) is 0 Å². The predicted molar refractivity (Wildman–Crippen MR) is 63.3 cm³/mol. The van der Waals surface area contributed by atoms with Crippen LogP contribution in [0.25, 0.3) is 0 Å². The number of rotatable bonds is 5. The fourth-order valence-corrected chi connectivity index (χ4v) is 1.42. The van der Waals surface area contributed by atoms with Crippen molar-refractivity contribution >= 4 is 33.5 Å². The van der Waals surface area contributed by atoms with Gasteiger partial charge in [-0.15, -0.1) is 0 Å². The van der Waals surface area contributed by atoms with Crippen LogP contribution in [-0.4, -0.2) is 30.1 Å². The Morgan fingerprint density at radius 2 is 1.94 bits per heavy atom. The summed E-state index contributed by atoms with van der Waals surface area (Å²) >= 11 is 3.29. The van der Waals surface area contributed by atoms with Gasteiger partial charge >= 0.3 is 5.97 Å². The maximum Gasteiger partial charge on any atom is 0.317 e. The maximum atomic E-state index is 11.4. The topological polar surface area (TPSA) is 78.4 Å². The van der Waals surface area contributed by atoms with E-state index in [1.54, 1.807) is 18.2 Å². The summed E-state index contributed by atoms with van der Waals surface area (Å²) in [6.07, 6.45) is 0.